The molecule has 1 atom stereocenters. The van der Waals surface area contributed by atoms with E-state index < -0.39 is 0 Å². The summed E-state index contributed by atoms with van der Waals surface area (Å²) in [7, 11) is 2.01. The molecule has 0 bridgehead atoms. The van der Waals surface area contributed by atoms with Gasteiger partial charge < -0.3 is 10.2 Å². The molecule has 100 valence electrons. The van der Waals surface area contributed by atoms with Gasteiger partial charge in [0.1, 0.15) is 0 Å². The van der Waals surface area contributed by atoms with Crippen LogP contribution in [0.4, 0.5) is 5.69 Å². The highest BCUT2D eigenvalue weighted by molar-refractivity contribution is 9.10. The zero-order chi connectivity index (χ0) is 13.0. The van der Waals surface area contributed by atoms with Crippen molar-refractivity contribution in [1.82, 2.24) is 5.32 Å². The summed E-state index contributed by atoms with van der Waals surface area (Å²) in [6.07, 6.45) is 5.38. The van der Waals surface area contributed by atoms with Crippen molar-refractivity contribution < 1.29 is 0 Å². The lowest BCUT2D eigenvalue weighted by Crippen LogP contribution is -2.33. The van der Waals surface area contributed by atoms with Gasteiger partial charge in [0.05, 0.1) is 0 Å². The van der Waals surface area contributed by atoms with Crippen molar-refractivity contribution >= 4 is 21.6 Å². The quantitative estimate of drug-likeness (QED) is 0.909. The van der Waals surface area contributed by atoms with Gasteiger partial charge in [0, 0.05) is 29.3 Å². The van der Waals surface area contributed by atoms with Gasteiger partial charge in [-0.2, -0.15) is 0 Å². The Labute approximate surface area is 119 Å². The number of anilines is 1. The molecule has 2 nitrogen and oxygen atoms in total. The molecule has 3 heteroatoms. The Morgan fingerprint density at radius 3 is 2.94 bits per heavy atom. The van der Waals surface area contributed by atoms with Crippen LogP contribution in [0, 0.1) is 0 Å². The van der Waals surface area contributed by atoms with Gasteiger partial charge in [-0.3, -0.25) is 0 Å². The maximum absolute atomic E-state index is 3.57. The lowest BCUT2D eigenvalue weighted by atomic mass is 10.1. The number of halogens is 1. The SMILES string of the molecule is CNCc1cc(Br)ccc1N1CCCCCC1C. The van der Waals surface area contributed by atoms with Gasteiger partial charge in [-0.1, -0.05) is 28.8 Å². The molecule has 1 aliphatic heterocycles. The Bertz CT molecular complexity index is 392. The van der Waals surface area contributed by atoms with Crippen molar-refractivity contribution in [2.24, 2.45) is 0 Å². The summed E-state index contributed by atoms with van der Waals surface area (Å²) in [6, 6.07) is 7.32. The van der Waals surface area contributed by atoms with Crippen LogP contribution in [0.15, 0.2) is 22.7 Å². The fourth-order valence-electron chi connectivity index (χ4n) is 2.80. The van der Waals surface area contributed by atoms with Gasteiger partial charge in [-0.05, 0) is 50.6 Å². The van der Waals surface area contributed by atoms with Crippen molar-refractivity contribution in [2.45, 2.75) is 45.2 Å². The zero-order valence-corrected chi connectivity index (χ0v) is 13.0. The second-order valence-electron chi connectivity index (χ2n) is 5.20. The molecule has 1 aromatic carbocycles. The van der Waals surface area contributed by atoms with Crippen LogP contribution in [-0.4, -0.2) is 19.6 Å². The first-order valence-electron chi connectivity index (χ1n) is 6.92. The molecule has 0 aliphatic carbocycles. The largest absolute Gasteiger partial charge is 0.369 e. The molecule has 1 fully saturated rings. The van der Waals surface area contributed by atoms with E-state index in [1.165, 1.54) is 48.0 Å². The van der Waals surface area contributed by atoms with Crippen LogP contribution >= 0.6 is 15.9 Å². The number of nitrogens with one attached hydrogen (secondary N) is 1. The highest BCUT2D eigenvalue weighted by Crippen LogP contribution is 2.29. The van der Waals surface area contributed by atoms with E-state index in [4.69, 9.17) is 0 Å². The minimum Gasteiger partial charge on any atom is -0.369 e. The summed E-state index contributed by atoms with van der Waals surface area (Å²) in [6.45, 7) is 4.48. The molecule has 2 rings (SSSR count). The topological polar surface area (TPSA) is 15.3 Å². The third kappa shape index (κ3) is 3.27. The van der Waals surface area contributed by atoms with Gasteiger partial charge in [0.2, 0.25) is 0 Å². The van der Waals surface area contributed by atoms with Crippen molar-refractivity contribution in [1.29, 1.82) is 0 Å². The molecular weight excluding hydrogens is 288 g/mol. The third-order valence-electron chi connectivity index (χ3n) is 3.77. The smallest absolute Gasteiger partial charge is 0.0415 e. The maximum Gasteiger partial charge on any atom is 0.0415 e. The molecule has 0 radical (unpaired) electrons. The standard InChI is InChI=1S/C15H23BrN2/c1-12-6-4-3-5-9-18(12)15-8-7-14(16)10-13(15)11-17-2/h7-8,10,12,17H,3-6,9,11H2,1-2H3. The van der Waals surface area contributed by atoms with Crippen molar-refractivity contribution in [3.8, 4) is 0 Å². The monoisotopic (exact) mass is 310 g/mol. The second kappa shape index (κ2) is 6.58. The van der Waals surface area contributed by atoms with E-state index in [9.17, 15) is 0 Å². The molecule has 0 amide bonds. The normalized spacial score (nSPS) is 20.8. The van der Waals surface area contributed by atoms with E-state index >= 15 is 0 Å². The first-order chi connectivity index (χ1) is 8.72. The highest BCUT2D eigenvalue weighted by atomic mass is 79.9. The van der Waals surface area contributed by atoms with Crippen LogP contribution in [0.1, 0.15) is 38.2 Å². The molecular formula is C15H23BrN2. The molecule has 1 saturated heterocycles. The number of nitrogens with zero attached hydrogens (tertiary/aromatic N) is 1. The lowest BCUT2D eigenvalue weighted by molar-refractivity contribution is 0.613. The predicted octanol–water partition coefficient (Wildman–Crippen LogP) is 3.94. The van der Waals surface area contributed by atoms with E-state index in [1.54, 1.807) is 0 Å². The van der Waals surface area contributed by atoms with Crippen LogP contribution in [0.3, 0.4) is 0 Å². The number of hydrogen-bond donors (Lipinski definition) is 1. The van der Waals surface area contributed by atoms with E-state index in [0.29, 0.717) is 6.04 Å². The fourth-order valence-corrected chi connectivity index (χ4v) is 3.21. The molecule has 0 saturated carbocycles. The molecule has 0 spiro atoms. The Balaban J connectivity index is 2.29. The van der Waals surface area contributed by atoms with E-state index in [1.807, 2.05) is 7.05 Å². The number of rotatable bonds is 3. The Morgan fingerprint density at radius 1 is 1.33 bits per heavy atom. The van der Waals surface area contributed by atoms with Gasteiger partial charge in [-0.25, -0.2) is 0 Å². The summed E-state index contributed by atoms with van der Waals surface area (Å²) in [4.78, 5) is 2.59. The van der Waals surface area contributed by atoms with Crippen molar-refractivity contribution in [3.63, 3.8) is 0 Å². The van der Waals surface area contributed by atoms with Crippen molar-refractivity contribution in [3.05, 3.63) is 28.2 Å². The Morgan fingerprint density at radius 2 is 2.17 bits per heavy atom. The highest BCUT2D eigenvalue weighted by Gasteiger charge is 2.19. The summed E-state index contributed by atoms with van der Waals surface area (Å²) in [5.41, 5.74) is 2.79. The van der Waals surface area contributed by atoms with Gasteiger partial charge in [0.15, 0.2) is 0 Å². The van der Waals surface area contributed by atoms with Gasteiger partial charge in [-0.15, -0.1) is 0 Å². The molecule has 1 N–H and O–H groups in total. The average Bonchev–Trinajstić information content (AvgIpc) is 2.55. The summed E-state index contributed by atoms with van der Waals surface area (Å²) >= 11 is 3.57. The molecule has 0 aromatic heterocycles. The third-order valence-corrected chi connectivity index (χ3v) is 4.26. The van der Waals surface area contributed by atoms with Crippen molar-refractivity contribution in [2.75, 3.05) is 18.5 Å². The minimum absolute atomic E-state index is 0.657. The first kappa shape index (κ1) is 13.9. The van der Waals surface area contributed by atoms with Gasteiger partial charge in [0.25, 0.3) is 0 Å². The average molecular weight is 311 g/mol. The molecule has 18 heavy (non-hydrogen) atoms. The van der Waals surface area contributed by atoms with E-state index in [-0.39, 0.29) is 0 Å². The first-order valence-corrected chi connectivity index (χ1v) is 7.71. The second-order valence-corrected chi connectivity index (χ2v) is 6.11. The Hall–Kier alpha value is -0.540. The van der Waals surface area contributed by atoms with Crippen LogP contribution in [0.5, 0.6) is 0 Å². The maximum atomic E-state index is 3.57. The number of benzene rings is 1. The zero-order valence-electron chi connectivity index (χ0n) is 11.4. The molecule has 1 aromatic rings. The molecule has 1 heterocycles. The summed E-state index contributed by atoms with van der Waals surface area (Å²) < 4.78 is 1.17. The summed E-state index contributed by atoms with van der Waals surface area (Å²) in [5.74, 6) is 0. The minimum atomic E-state index is 0.657. The van der Waals surface area contributed by atoms with Crippen LogP contribution < -0.4 is 10.2 Å². The Kier molecular flexibility index (Phi) is 5.07. The number of hydrogen-bond acceptors (Lipinski definition) is 2. The van der Waals surface area contributed by atoms with Gasteiger partial charge >= 0.3 is 0 Å². The van der Waals surface area contributed by atoms with Crippen LogP contribution in [-0.2, 0) is 6.54 Å². The van der Waals surface area contributed by atoms with E-state index in [0.717, 1.165) is 6.54 Å². The van der Waals surface area contributed by atoms with Crippen LogP contribution in [0.2, 0.25) is 0 Å². The molecule has 1 unspecified atom stereocenters. The van der Waals surface area contributed by atoms with Crippen LogP contribution in [0.25, 0.3) is 0 Å². The molecule has 1 aliphatic rings. The predicted molar refractivity (Wildman–Crippen MR) is 82.2 cm³/mol. The lowest BCUT2D eigenvalue weighted by Gasteiger charge is -2.31. The summed E-state index contributed by atoms with van der Waals surface area (Å²) in [5, 5.41) is 3.27. The van der Waals surface area contributed by atoms with E-state index in [2.05, 4.69) is 51.3 Å². The fraction of sp³-hybridized carbons (Fsp3) is 0.600.